The van der Waals surface area contributed by atoms with Gasteiger partial charge in [0.1, 0.15) is 0 Å². The number of nitrogens with zero attached hydrogens (tertiary/aromatic N) is 1. The summed E-state index contributed by atoms with van der Waals surface area (Å²) in [7, 11) is 2.08. The fraction of sp³-hybridized carbons (Fsp3) is 0.143. The Kier molecular flexibility index (Phi) is 2.24. The zero-order valence-electron chi connectivity index (χ0n) is 9.25. The van der Waals surface area contributed by atoms with Crippen LogP contribution >= 0.6 is 0 Å². The first-order valence-electron chi connectivity index (χ1n) is 5.03. The summed E-state index contributed by atoms with van der Waals surface area (Å²) in [6, 6.07) is 6.41. The van der Waals surface area contributed by atoms with Crippen LogP contribution in [0.3, 0.4) is 0 Å². The maximum absolute atomic E-state index is 3.87. The zero-order valence-corrected chi connectivity index (χ0v) is 9.25. The lowest BCUT2D eigenvalue weighted by atomic mass is 10.0. The van der Waals surface area contributed by atoms with Gasteiger partial charge in [-0.15, -0.1) is 0 Å². The summed E-state index contributed by atoms with van der Waals surface area (Å²) in [6.07, 6.45) is 3.78. The lowest BCUT2D eigenvalue weighted by Gasteiger charge is -2.04. The minimum Gasteiger partial charge on any atom is -0.348 e. The van der Waals surface area contributed by atoms with Gasteiger partial charge in [-0.25, -0.2) is 0 Å². The van der Waals surface area contributed by atoms with Crippen LogP contribution in [0.4, 0.5) is 0 Å². The molecule has 2 rings (SSSR count). The van der Waals surface area contributed by atoms with Crippen molar-refractivity contribution in [2.45, 2.75) is 6.92 Å². The van der Waals surface area contributed by atoms with E-state index in [-0.39, 0.29) is 0 Å². The number of aromatic nitrogens is 1. The van der Waals surface area contributed by atoms with Crippen molar-refractivity contribution >= 4 is 23.1 Å². The van der Waals surface area contributed by atoms with Crippen molar-refractivity contribution in [2.75, 3.05) is 0 Å². The first-order chi connectivity index (χ1) is 7.19. The molecule has 0 aliphatic rings. The van der Waals surface area contributed by atoms with Gasteiger partial charge in [0.05, 0.1) is 0 Å². The van der Waals surface area contributed by atoms with Gasteiger partial charge in [-0.1, -0.05) is 31.4 Å². The molecule has 76 valence electrons. The Morgan fingerprint density at radius 1 is 1.20 bits per heavy atom. The molecule has 0 amide bonds. The van der Waals surface area contributed by atoms with Crippen LogP contribution in [-0.2, 0) is 7.05 Å². The fourth-order valence-electron chi connectivity index (χ4n) is 1.99. The smallest absolute Gasteiger partial charge is 0.0486 e. The van der Waals surface area contributed by atoms with Gasteiger partial charge in [-0.05, 0) is 30.2 Å². The third-order valence-corrected chi connectivity index (χ3v) is 2.97. The number of benzene rings is 1. The highest BCUT2D eigenvalue weighted by atomic mass is 14.9. The third kappa shape index (κ3) is 1.32. The van der Waals surface area contributed by atoms with Crippen LogP contribution in [0.2, 0.25) is 0 Å². The number of aryl methyl sites for hydroxylation is 2. The van der Waals surface area contributed by atoms with Crippen LogP contribution in [0.5, 0.6) is 0 Å². The number of rotatable bonds is 2. The monoisotopic (exact) mass is 197 g/mol. The molecule has 0 aliphatic heterocycles. The van der Waals surface area contributed by atoms with Crippen LogP contribution in [0, 0.1) is 6.92 Å². The predicted octanol–water partition coefficient (Wildman–Crippen LogP) is 3.77. The lowest BCUT2D eigenvalue weighted by Crippen LogP contribution is -1.89. The fourth-order valence-corrected chi connectivity index (χ4v) is 1.99. The van der Waals surface area contributed by atoms with Crippen LogP contribution in [-0.4, -0.2) is 4.57 Å². The topological polar surface area (TPSA) is 4.93 Å². The molecule has 0 saturated heterocycles. The van der Waals surface area contributed by atoms with Crippen molar-refractivity contribution in [1.82, 2.24) is 4.57 Å². The Hall–Kier alpha value is -1.76. The number of hydrogen-bond acceptors (Lipinski definition) is 0. The largest absolute Gasteiger partial charge is 0.348 e. The maximum atomic E-state index is 3.87. The normalized spacial score (nSPS) is 10.5. The summed E-state index contributed by atoms with van der Waals surface area (Å²) in [6.45, 7) is 9.80. The highest BCUT2D eigenvalue weighted by Crippen LogP contribution is 2.26. The molecule has 0 unspecified atom stereocenters. The summed E-state index contributed by atoms with van der Waals surface area (Å²) in [5.41, 5.74) is 4.82. The summed E-state index contributed by atoms with van der Waals surface area (Å²) in [5, 5.41) is 1.25. The molecular weight excluding hydrogens is 182 g/mol. The van der Waals surface area contributed by atoms with E-state index in [4.69, 9.17) is 0 Å². The average molecular weight is 197 g/mol. The molecule has 0 radical (unpaired) electrons. The molecule has 0 bridgehead atoms. The van der Waals surface area contributed by atoms with E-state index >= 15 is 0 Å². The van der Waals surface area contributed by atoms with E-state index in [1.165, 1.54) is 22.2 Å². The Morgan fingerprint density at radius 3 is 2.53 bits per heavy atom. The van der Waals surface area contributed by atoms with Crippen molar-refractivity contribution in [3.63, 3.8) is 0 Å². The summed E-state index contributed by atoms with van der Waals surface area (Å²) >= 11 is 0. The number of hydrogen-bond donors (Lipinski definition) is 0. The molecule has 1 aromatic carbocycles. The molecule has 0 N–H and O–H groups in total. The van der Waals surface area contributed by atoms with Gasteiger partial charge >= 0.3 is 0 Å². The Bertz CT molecular complexity index is 544. The van der Waals surface area contributed by atoms with Gasteiger partial charge in [0.15, 0.2) is 0 Å². The standard InChI is InChI=1S/C14H15N/c1-5-11-7-8-14-13(12(11)6-2)9-10(3)15(14)4/h5-9H,1-2H2,3-4H3. The van der Waals surface area contributed by atoms with E-state index in [2.05, 4.69) is 49.9 Å². The van der Waals surface area contributed by atoms with Gasteiger partial charge in [0.25, 0.3) is 0 Å². The third-order valence-electron chi connectivity index (χ3n) is 2.97. The van der Waals surface area contributed by atoms with Crippen molar-refractivity contribution in [2.24, 2.45) is 7.05 Å². The molecule has 1 aromatic heterocycles. The molecule has 0 atom stereocenters. The van der Waals surface area contributed by atoms with E-state index < -0.39 is 0 Å². The minimum atomic E-state index is 1.14. The molecule has 0 aliphatic carbocycles. The molecular formula is C14H15N. The second kappa shape index (κ2) is 3.43. The van der Waals surface area contributed by atoms with Gasteiger partial charge in [-0.2, -0.15) is 0 Å². The van der Waals surface area contributed by atoms with Crippen LogP contribution in [0.25, 0.3) is 23.1 Å². The van der Waals surface area contributed by atoms with Crippen LogP contribution < -0.4 is 0 Å². The lowest BCUT2D eigenvalue weighted by molar-refractivity contribution is 0.918. The van der Waals surface area contributed by atoms with Gasteiger partial charge in [0, 0.05) is 23.6 Å². The zero-order chi connectivity index (χ0) is 11.0. The SMILES string of the molecule is C=Cc1ccc2c(cc(C)n2C)c1C=C. The van der Waals surface area contributed by atoms with Crippen LogP contribution in [0.1, 0.15) is 16.8 Å². The molecule has 1 nitrogen and oxygen atoms in total. The summed E-state index contributed by atoms with van der Waals surface area (Å²) in [4.78, 5) is 0. The van der Waals surface area contributed by atoms with E-state index in [1.54, 1.807) is 0 Å². The summed E-state index contributed by atoms with van der Waals surface area (Å²) in [5.74, 6) is 0. The average Bonchev–Trinajstić information content (AvgIpc) is 2.54. The molecule has 0 spiro atoms. The quantitative estimate of drug-likeness (QED) is 0.690. The molecule has 15 heavy (non-hydrogen) atoms. The molecule has 1 heteroatoms. The van der Waals surface area contributed by atoms with Crippen molar-refractivity contribution in [3.8, 4) is 0 Å². The van der Waals surface area contributed by atoms with Gasteiger partial charge < -0.3 is 4.57 Å². The second-order valence-corrected chi connectivity index (χ2v) is 3.75. The van der Waals surface area contributed by atoms with E-state index in [0.717, 1.165) is 5.56 Å². The van der Waals surface area contributed by atoms with Gasteiger partial charge in [0.2, 0.25) is 0 Å². The minimum absolute atomic E-state index is 1.14. The summed E-state index contributed by atoms with van der Waals surface area (Å²) < 4.78 is 2.19. The van der Waals surface area contributed by atoms with Crippen LogP contribution in [0.15, 0.2) is 31.4 Å². The van der Waals surface area contributed by atoms with Crippen molar-refractivity contribution in [3.05, 3.63) is 48.2 Å². The molecule has 0 fully saturated rings. The second-order valence-electron chi connectivity index (χ2n) is 3.75. The first kappa shape index (κ1) is 9.78. The molecule has 1 heterocycles. The molecule has 2 aromatic rings. The Balaban J connectivity index is 2.94. The highest BCUT2D eigenvalue weighted by molar-refractivity contribution is 5.93. The first-order valence-corrected chi connectivity index (χ1v) is 5.03. The van der Waals surface area contributed by atoms with Crippen molar-refractivity contribution in [1.29, 1.82) is 0 Å². The Morgan fingerprint density at radius 2 is 1.93 bits per heavy atom. The van der Waals surface area contributed by atoms with E-state index in [1.807, 2.05) is 12.2 Å². The van der Waals surface area contributed by atoms with E-state index in [0.29, 0.717) is 0 Å². The highest BCUT2D eigenvalue weighted by Gasteiger charge is 2.07. The Labute approximate surface area is 90.3 Å². The predicted molar refractivity (Wildman–Crippen MR) is 67.8 cm³/mol. The molecule has 0 saturated carbocycles. The van der Waals surface area contributed by atoms with Gasteiger partial charge in [-0.3, -0.25) is 0 Å². The maximum Gasteiger partial charge on any atom is 0.0486 e. The number of fused-ring (bicyclic) bond motifs is 1. The van der Waals surface area contributed by atoms with Crippen molar-refractivity contribution < 1.29 is 0 Å². The van der Waals surface area contributed by atoms with E-state index in [9.17, 15) is 0 Å².